The average molecular weight is 546 g/mol. The lowest BCUT2D eigenvalue weighted by Crippen LogP contribution is -2.55. The number of hydrogen-bond acceptors (Lipinski definition) is 4. The SMILES string of the molecule is CC(C)(CO)C(=O)N(C1CCCCCC1)[C@H]1CCN(C(=O)C2(c3ccc(Cl)cc3)CCN(C(C)(C)C)C2)C1. The number of carbonyl (C=O) groups excluding carboxylic acids is 2. The van der Waals surface area contributed by atoms with Crippen LogP contribution in [0.15, 0.2) is 24.3 Å². The molecule has 2 aliphatic heterocycles. The maximum absolute atomic E-state index is 14.5. The molecule has 2 heterocycles. The third-order valence-corrected chi connectivity index (χ3v) is 9.55. The molecule has 6 nitrogen and oxygen atoms in total. The summed E-state index contributed by atoms with van der Waals surface area (Å²) < 4.78 is 0. The van der Waals surface area contributed by atoms with E-state index in [1.165, 1.54) is 12.8 Å². The van der Waals surface area contributed by atoms with E-state index in [4.69, 9.17) is 11.6 Å². The van der Waals surface area contributed by atoms with Crippen LogP contribution in [0.1, 0.15) is 91.5 Å². The summed E-state index contributed by atoms with van der Waals surface area (Å²) in [4.78, 5) is 34.8. The minimum absolute atomic E-state index is 0.0113. The smallest absolute Gasteiger partial charge is 0.234 e. The highest BCUT2D eigenvalue weighted by molar-refractivity contribution is 6.30. The summed E-state index contributed by atoms with van der Waals surface area (Å²) >= 11 is 6.23. The van der Waals surface area contributed by atoms with E-state index in [9.17, 15) is 14.7 Å². The van der Waals surface area contributed by atoms with E-state index in [2.05, 4.69) is 30.6 Å². The average Bonchev–Trinajstić information content (AvgIpc) is 3.47. The Morgan fingerprint density at radius 2 is 1.61 bits per heavy atom. The first-order valence-corrected chi connectivity index (χ1v) is 15.0. The second-order valence-electron chi connectivity index (χ2n) is 13.5. The first-order chi connectivity index (χ1) is 17.9. The molecule has 38 heavy (non-hydrogen) atoms. The maximum atomic E-state index is 14.5. The molecule has 1 unspecified atom stereocenters. The Labute approximate surface area is 234 Å². The van der Waals surface area contributed by atoms with E-state index in [0.29, 0.717) is 24.7 Å². The molecule has 7 heteroatoms. The van der Waals surface area contributed by atoms with Gasteiger partial charge in [0.2, 0.25) is 11.8 Å². The number of halogens is 1. The highest BCUT2D eigenvalue weighted by atomic mass is 35.5. The van der Waals surface area contributed by atoms with Crippen molar-refractivity contribution in [3.63, 3.8) is 0 Å². The minimum atomic E-state index is -0.826. The normalized spacial score (nSPS) is 26.0. The number of aliphatic hydroxyl groups excluding tert-OH is 1. The summed E-state index contributed by atoms with van der Waals surface area (Å²) in [7, 11) is 0. The molecule has 1 saturated carbocycles. The second-order valence-corrected chi connectivity index (χ2v) is 14.0. The Bertz CT molecular complexity index is 981. The van der Waals surface area contributed by atoms with Crippen molar-refractivity contribution in [3.8, 4) is 0 Å². The van der Waals surface area contributed by atoms with E-state index in [1.54, 1.807) is 0 Å². The molecule has 1 N–H and O–H groups in total. The lowest BCUT2D eigenvalue weighted by molar-refractivity contribution is -0.148. The van der Waals surface area contributed by atoms with Crippen LogP contribution in [0.5, 0.6) is 0 Å². The van der Waals surface area contributed by atoms with E-state index in [1.807, 2.05) is 43.0 Å². The van der Waals surface area contributed by atoms with Crippen LogP contribution in [0.4, 0.5) is 0 Å². The highest BCUT2D eigenvalue weighted by Gasteiger charge is 2.51. The molecule has 1 aromatic carbocycles. The number of likely N-dealkylation sites (tertiary alicyclic amines) is 2. The molecule has 1 aliphatic carbocycles. The third-order valence-electron chi connectivity index (χ3n) is 9.29. The fourth-order valence-electron chi connectivity index (χ4n) is 6.72. The van der Waals surface area contributed by atoms with E-state index in [-0.39, 0.29) is 36.0 Å². The second kappa shape index (κ2) is 11.5. The lowest BCUT2D eigenvalue weighted by atomic mass is 9.78. The Kier molecular flexibility index (Phi) is 8.86. The standard InChI is InChI=1S/C31H48ClN3O3/c1-29(2,3)34-19-17-31(21-34,23-12-14-24(32)15-13-23)28(38)33-18-16-26(20-33)35(27(37)30(4,5)22-36)25-10-8-6-7-9-11-25/h12-15,25-26,36H,6-11,16-22H2,1-5H3/t26-,31?/m0/s1. The van der Waals surface area contributed by atoms with Crippen molar-refractivity contribution in [1.82, 2.24) is 14.7 Å². The van der Waals surface area contributed by atoms with Gasteiger partial charge in [-0.1, -0.05) is 49.4 Å². The molecule has 0 spiro atoms. The fourth-order valence-corrected chi connectivity index (χ4v) is 6.85. The number of benzene rings is 1. The zero-order chi connectivity index (χ0) is 27.7. The van der Waals surface area contributed by atoms with Crippen LogP contribution in [0.25, 0.3) is 0 Å². The number of rotatable bonds is 6. The number of aliphatic hydroxyl groups is 1. The van der Waals surface area contributed by atoms with Gasteiger partial charge in [0.05, 0.1) is 23.5 Å². The van der Waals surface area contributed by atoms with Crippen LogP contribution in [0.3, 0.4) is 0 Å². The molecule has 212 valence electrons. The van der Waals surface area contributed by atoms with E-state index in [0.717, 1.165) is 50.6 Å². The van der Waals surface area contributed by atoms with Gasteiger partial charge in [-0.05, 0) is 78.0 Å². The molecule has 0 bridgehead atoms. The highest BCUT2D eigenvalue weighted by Crippen LogP contribution is 2.41. The van der Waals surface area contributed by atoms with Gasteiger partial charge in [0, 0.05) is 42.8 Å². The zero-order valence-electron chi connectivity index (χ0n) is 24.1. The van der Waals surface area contributed by atoms with Gasteiger partial charge in [-0.25, -0.2) is 0 Å². The summed E-state index contributed by atoms with van der Waals surface area (Å²) in [5, 5.41) is 10.7. The molecule has 2 saturated heterocycles. The predicted molar refractivity (Wildman–Crippen MR) is 153 cm³/mol. The quantitative estimate of drug-likeness (QED) is 0.496. The molecule has 2 amide bonds. The molecular weight excluding hydrogens is 498 g/mol. The fraction of sp³-hybridized carbons (Fsp3) is 0.742. The zero-order valence-corrected chi connectivity index (χ0v) is 24.9. The monoisotopic (exact) mass is 545 g/mol. The number of nitrogens with zero attached hydrogens (tertiary/aromatic N) is 3. The van der Waals surface area contributed by atoms with Gasteiger partial charge >= 0.3 is 0 Å². The summed E-state index contributed by atoms with van der Waals surface area (Å²) in [6.45, 7) is 12.9. The Morgan fingerprint density at radius 3 is 2.16 bits per heavy atom. The Balaban J connectivity index is 1.61. The van der Waals surface area contributed by atoms with Gasteiger partial charge in [-0.2, -0.15) is 0 Å². The van der Waals surface area contributed by atoms with Crippen LogP contribution < -0.4 is 0 Å². The van der Waals surface area contributed by atoms with Crippen molar-refractivity contribution < 1.29 is 14.7 Å². The van der Waals surface area contributed by atoms with Gasteiger partial charge < -0.3 is 14.9 Å². The molecular formula is C31H48ClN3O3. The van der Waals surface area contributed by atoms with Crippen LogP contribution in [-0.2, 0) is 15.0 Å². The van der Waals surface area contributed by atoms with Gasteiger partial charge in [0.25, 0.3) is 0 Å². The van der Waals surface area contributed by atoms with Crippen molar-refractivity contribution in [2.24, 2.45) is 5.41 Å². The lowest BCUT2D eigenvalue weighted by Gasteiger charge is -2.41. The molecule has 2 atom stereocenters. The molecule has 1 aromatic rings. The van der Waals surface area contributed by atoms with Crippen LogP contribution in [0, 0.1) is 5.41 Å². The van der Waals surface area contributed by atoms with Gasteiger partial charge in [0.1, 0.15) is 0 Å². The summed E-state index contributed by atoms with van der Waals surface area (Å²) in [5.74, 6) is 0.196. The van der Waals surface area contributed by atoms with Crippen molar-refractivity contribution in [2.75, 3.05) is 32.8 Å². The van der Waals surface area contributed by atoms with E-state index < -0.39 is 10.8 Å². The molecule has 0 radical (unpaired) electrons. The number of amides is 2. The first kappa shape index (κ1) is 29.4. The first-order valence-electron chi connectivity index (χ1n) is 14.6. The van der Waals surface area contributed by atoms with Gasteiger partial charge in [-0.15, -0.1) is 0 Å². The van der Waals surface area contributed by atoms with Crippen LogP contribution >= 0.6 is 11.6 Å². The van der Waals surface area contributed by atoms with E-state index >= 15 is 0 Å². The predicted octanol–water partition coefficient (Wildman–Crippen LogP) is 5.25. The van der Waals surface area contributed by atoms with Crippen molar-refractivity contribution >= 4 is 23.4 Å². The maximum Gasteiger partial charge on any atom is 0.234 e. The summed E-state index contributed by atoms with van der Waals surface area (Å²) in [5.41, 5.74) is -0.442. The van der Waals surface area contributed by atoms with Crippen molar-refractivity contribution in [2.45, 2.75) is 109 Å². The molecule has 4 rings (SSSR count). The van der Waals surface area contributed by atoms with Crippen molar-refractivity contribution in [3.05, 3.63) is 34.9 Å². The summed E-state index contributed by atoms with van der Waals surface area (Å²) in [6, 6.07) is 7.99. The Morgan fingerprint density at radius 1 is 0.974 bits per heavy atom. The van der Waals surface area contributed by atoms with Crippen molar-refractivity contribution in [1.29, 1.82) is 0 Å². The summed E-state index contributed by atoms with van der Waals surface area (Å²) in [6.07, 6.45) is 8.26. The van der Waals surface area contributed by atoms with Crippen LogP contribution in [0.2, 0.25) is 5.02 Å². The molecule has 3 fully saturated rings. The minimum Gasteiger partial charge on any atom is -0.395 e. The van der Waals surface area contributed by atoms with Gasteiger partial charge in [0.15, 0.2) is 0 Å². The van der Waals surface area contributed by atoms with Crippen LogP contribution in [-0.4, -0.2) is 82.0 Å². The third kappa shape index (κ3) is 5.93. The van der Waals surface area contributed by atoms with Gasteiger partial charge in [-0.3, -0.25) is 14.5 Å². The largest absolute Gasteiger partial charge is 0.395 e. The number of hydrogen-bond donors (Lipinski definition) is 1. The topological polar surface area (TPSA) is 64.1 Å². The Hall–Kier alpha value is -1.63. The molecule has 0 aromatic heterocycles. The number of carbonyl (C=O) groups is 2. The molecule has 3 aliphatic rings.